The zero-order valence-electron chi connectivity index (χ0n) is 9.13. The van der Waals surface area contributed by atoms with Crippen molar-refractivity contribution in [1.29, 1.82) is 0 Å². The number of ether oxygens (including phenoxy) is 2. The summed E-state index contributed by atoms with van der Waals surface area (Å²) >= 11 is 0. The standard InChI is InChI=1S/C13H12O4/c14-10-3-1-2-9(8-10)11-4-5-12(17-11)13-15-6-7-16-13/h1-5,8,13-14H,6-7H2. The van der Waals surface area contributed by atoms with Gasteiger partial charge in [0, 0.05) is 5.56 Å². The summed E-state index contributed by atoms with van der Waals surface area (Å²) in [6.07, 6.45) is -0.402. The topological polar surface area (TPSA) is 51.8 Å². The molecule has 1 aliphatic heterocycles. The van der Waals surface area contributed by atoms with E-state index in [1.807, 2.05) is 18.2 Å². The molecule has 1 aromatic heterocycles. The van der Waals surface area contributed by atoms with Gasteiger partial charge in [-0.25, -0.2) is 0 Å². The second-order valence-electron chi connectivity index (χ2n) is 3.83. The molecule has 88 valence electrons. The molecule has 0 bridgehead atoms. The van der Waals surface area contributed by atoms with Crippen LogP contribution in [-0.2, 0) is 9.47 Å². The maximum Gasteiger partial charge on any atom is 0.217 e. The molecule has 1 N–H and O–H groups in total. The Bertz CT molecular complexity index is 512. The van der Waals surface area contributed by atoms with E-state index >= 15 is 0 Å². The van der Waals surface area contributed by atoms with E-state index in [2.05, 4.69) is 0 Å². The van der Waals surface area contributed by atoms with E-state index in [1.165, 1.54) is 0 Å². The Morgan fingerprint density at radius 3 is 2.65 bits per heavy atom. The van der Waals surface area contributed by atoms with Crippen molar-refractivity contribution in [3.63, 3.8) is 0 Å². The molecule has 2 aromatic rings. The molecular formula is C13H12O4. The molecule has 0 saturated carbocycles. The lowest BCUT2D eigenvalue weighted by atomic mass is 10.2. The molecule has 0 spiro atoms. The minimum Gasteiger partial charge on any atom is -0.508 e. The molecule has 1 fully saturated rings. The molecule has 1 saturated heterocycles. The summed E-state index contributed by atoms with van der Waals surface area (Å²) in [4.78, 5) is 0. The van der Waals surface area contributed by atoms with Crippen LogP contribution in [0.15, 0.2) is 40.8 Å². The van der Waals surface area contributed by atoms with Crippen LogP contribution in [0.4, 0.5) is 0 Å². The van der Waals surface area contributed by atoms with Gasteiger partial charge in [0.05, 0.1) is 13.2 Å². The van der Waals surface area contributed by atoms with E-state index in [0.717, 1.165) is 5.56 Å². The Labute approximate surface area is 98.4 Å². The maximum atomic E-state index is 9.40. The van der Waals surface area contributed by atoms with Gasteiger partial charge in [-0.15, -0.1) is 0 Å². The number of hydrogen-bond donors (Lipinski definition) is 1. The summed E-state index contributed by atoms with van der Waals surface area (Å²) < 4.78 is 16.3. The van der Waals surface area contributed by atoms with Crippen LogP contribution in [0.3, 0.4) is 0 Å². The molecule has 4 nitrogen and oxygen atoms in total. The summed E-state index contributed by atoms with van der Waals surface area (Å²) in [5.74, 6) is 1.56. The Morgan fingerprint density at radius 1 is 1.06 bits per heavy atom. The van der Waals surface area contributed by atoms with Gasteiger partial charge in [-0.2, -0.15) is 0 Å². The quantitative estimate of drug-likeness (QED) is 0.864. The van der Waals surface area contributed by atoms with Crippen LogP contribution < -0.4 is 0 Å². The highest BCUT2D eigenvalue weighted by atomic mass is 16.7. The average Bonchev–Trinajstić information content (AvgIpc) is 3.00. The van der Waals surface area contributed by atoms with Crippen molar-refractivity contribution in [2.45, 2.75) is 6.29 Å². The van der Waals surface area contributed by atoms with Gasteiger partial charge >= 0.3 is 0 Å². The van der Waals surface area contributed by atoms with Crippen molar-refractivity contribution in [3.8, 4) is 17.1 Å². The SMILES string of the molecule is Oc1cccc(-c2ccc(C3OCCO3)o2)c1. The third kappa shape index (κ3) is 2.05. The lowest BCUT2D eigenvalue weighted by molar-refractivity contribution is -0.0585. The molecule has 0 aliphatic carbocycles. The third-order valence-corrected chi connectivity index (χ3v) is 2.61. The molecule has 2 heterocycles. The van der Waals surface area contributed by atoms with Gasteiger partial charge in [-0.3, -0.25) is 0 Å². The molecule has 0 amide bonds. The first kappa shape index (κ1) is 10.4. The summed E-state index contributed by atoms with van der Waals surface area (Å²) in [5.41, 5.74) is 0.828. The minimum absolute atomic E-state index is 0.216. The minimum atomic E-state index is -0.402. The summed E-state index contributed by atoms with van der Waals surface area (Å²) in [5, 5.41) is 9.40. The lowest BCUT2D eigenvalue weighted by Gasteiger charge is -2.04. The molecule has 0 radical (unpaired) electrons. The first-order valence-electron chi connectivity index (χ1n) is 5.45. The second-order valence-corrected chi connectivity index (χ2v) is 3.83. The normalized spacial score (nSPS) is 16.5. The first-order valence-corrected chi connectivity index (χ1v) is 5.45. The Hall–Kier alpha value is -1.78. The molecule has 0 unspecified atom stereocenters. The van der Waals surface area contributed by atoms with E-state index in [1.54, 1.807) is 18.2 Å². The summed E-state index contributed by atoms with van der Waals surface area (Å²) in [7, 11) is 0. The lowest BCUT2D eigenvalue weighted by Crippen LogP contribution is -1.94. The highest BCUT2D eigenvalue weighted by molar-refractivity contribution is 5.59. The van der Waals surface area contributed by atoms with E-state index in [-0.39, 0.29) is 5.75 Å². The average molecular weight is 232 g/mol. The van der Waals surface area contributed by atoms with Gasteiger partial charge < -0.3 is 19.0 Å². The van der Waals surface area contributed by atoms with Crippen molar-refractivity contribution < 1.29 is 19.0 Å². The fourth-order valence-electron chi connectivity index (χ4n) is 1.82. The van der Waals surface area contributed by atoms with Gasteiger partial charge in [-0.1, -0.05) is 12.1 Å². The zero-order chi connectivity index (χ0) is 11.7. The van der Waals surface area contributed by atoms with Gasteiger partial charge in [0.1, 0.15) is 11.5 Å². The highest BCUT2D eigenvalue weighted by Gasteiger charge is 2.21. The number of aromatic hydroxyl groups is 1. The van der Waals surface area contributed by atoms with Crippen LogP contribution in [0.2, 0.25) is 0 Å². The largest absolute Gasteiger partial charge is 0.508 e. The molecule has 0 atom stereocenters. The number of hydrogen-bond acceptors (Lipinski definition) is 4. The molecular weight excluding hydrogens is 220 g/mol. The van der Waals surface area contributed by atoms with E-state index < -0.39 is 6.29 Å². The van der Waals surface area contributed by atoms with Crippen molar-refractivity contribution in [2.75, 3.05) is 13.2 Å². The van der Waals surface area contributed by atoms with Crippen LogP contribution in [0.1, 0.15) is 12.1 Å². The Morgan fingerprint density at radius 2 is 1.88 bits per heavy atom. The number of benzene rings is 1. The zero-order valence-corrected chi connectivity index (χ0v) is 9.13. The summed E-state index contributed by atoms with van der Waals surface area (Å²) in [6.45, 7) is 1.18. The monoisotopic (exact) mass is 232 g/mol. The van der Waals surface area contributed by atoms with E-state index in [0.29, 0.717) is 24.7 Å². The summed E-state index contributed by atoms with van der Waals surface area (Å²) in [6, 6.07) is 10.6. The number of rotatable bonds is 2. The molecule has 3 rings (SSSR count). The maximum absolute atomic E-state index is 9.40. The molecule has 1 aliphatic rings. The van der Waals surface area contributed by atoms with Crippen LogP contribution in [0.25, 0.3) is 11.3 Å². The smallest absolute Gasteiger partial charge is 0.217 e. The van der Waals surface area contributed by atoms with Crippen molar-refractivity contribution >= 4 is 0 Å². The van der Waals surface area contributed by atoms with Gasteiger partial charge in [0.15, 0.2) is 5.76 Å². The van der Waals surface area contributed by atoms with Crippen LogP contribution >= 0.6 is 0 Å². The van der Waals surface area contributed by atoms with Gasteiger partial charge in [0.25, 0.3) is 0 Å². The molecule has 4 heteroatoms. The number of phenols is 1. The van der Waals surface area contributed by atoms with Crippen LogP contribution in [0, 0.1) is 0 Å². The van der Waals surface area contributed by atoms with Gasteiger partial charge in [-0.05, 0) is 24.3 Å². The fourth-order valence-corrected chi connectivity index (χ4v) is 1.82. The highest BCUT2D eigenvalue weighted by Crippen LogP contribution is 2.30. The van der Waals surface area contributed by atoms with Crippen LogP contribution in [-0.4, -0.2) is 18.3 Å². The fraction of sp³-hybridized carbons (Fsp3) is 0.231. The number of furan rings is 1. The number of phenolic OH excluding ortho intramolecular Hbond substituents is 1. The predicted molar refractivity (Wildman–Crippen MR) is 60.5 cm³/mol. The van der Waals surface area contributed by atoms with E-state index in [4.69, 9.17) is 13.9 Å². The first-order chi connectivity index (χ1) is 8.33. The van der Waals surface area contributed by atoms with Crippen molar-refractivity contribution in [2.24, 2.45) is 0 Å². The molecule has 17 heavy (non-hydrogen) atoms. The second kappa shape index (κ2) is 4.24. The van der Waals surface area contributed by atoms with E-state index in [9.17, 15) is 5.11 Å². The Balaban J connectivity index is 1.89. The third-order valence-electron chi connectivity index (χ3n) is 2.61. The predicted octanol–water partition coefficient (Wildman–Crippen LogP) is 2.70. The molecule has 1 aromatic carbocycles. The van der Waals surface area contributed by atoms with Crippen molar-refractivity contribution in [3.05, 3.63) is 42.2 Å². The van der Waals surface area contributed by atoms with Gasteiger partial charge in [0.2, 0.25) is 6.29 Å². The van der Waals surface area contributed by atoms with Crippen molar-refractivity contribution in [1.82, 2.24) is 0 Å². The Kier molecular flexibility index (Phi) is 2.59. The van der Waals surface area contributed by atoms with Crippen LogP contribution in [0.5, 0.6) is 5.75 Å².